The summed E-state index contributed by atoms with van der Waals surface area (Å²) in [5.41, 5.74) is 0. The molecule has 2 aromatic heterocycles. The molecule has 2 heterocycles. The second-order valence-electron chi connectivity index (χ2n) is 2.99. The maximum absolute atomic E-state index is 5.74. The van der Waals surface area contributed by atoms with Gasteiger partial charge in [-0.3, -0.25) is 5.01 Å². The van der Waals surface area contributed by atoms with Crippen LogP contribution < -0.4 is 10.9 Å². The van der Waals surface area contributed by atoms with E-state index in [1.165, 1.54) is 0 Å². The van der Waals surface area contributed by atoms with E-state index in [9.17, 15) is 0 Å². The van der Waals surface area contributed by atoms with Gasteiger partial charge in [0.15, 0.2) is 5.82 Å². The van der Waals surface area contributed by atoms with E-state index < -0.39 is 0 Å². The summed E-state index contributed by atoms with van der Waals surface area (Å²) in [5.74, 6) is 7.18. The van der Waals surface area contributed by atoms with Crippen molar-refractivity contribution in [2.24, 2.45) is 5.84 Å². The van der Waals surface area contributed by atoms with Crippen molar-refractivity contribution < 1.29 is 0 Å². The van der Waals surface area contributed by atoms with Crippen LogP contribution in [0.4, 0.5) is 5.82 Å². The number of hydrogen-bond donors (Lipinski definition) is 3. The summed E-state index contributed by atoms with van der Waals surface area (Å²) in [6.07, 6.45) is 3.16. The van der Waals surface area contributed by atoms with Gasteiger partial charge in [0, 0.05) is 13.0 Å². The Kier molecular flexibility index (Phi) is 2.83. The molecule has 80 valence electrons. The average Bonchev–Trinajstić information content (AvgIpc) is 2.90. The van der Waals surface area contributed by atoms with Crippen LogP contribution in [0.15, 0.2) is 6.20 Å². The zero-order valence-electron chi connectivity index (χ0n) is 7.96. The highest BCUT2D eigenvalue weighted by Crippen LogP contribution is 2.03. The van der Waals surface area contributed by atoms with Gasteiger partial charge >= 0.3 is 0 Å². The third kappa shape index (κ3) is 2.47. The summed E-state index contributed by atoms with van der Waals surface area (Å²) in [4.78, 5) is 0. The predicted octanol–water partition coefficient (Wildman–Crippen LogP) is -1.37. The van der Waals surface area contributed by atoms with E-state index in [-0.39, 0.29) is 0 Å². The number of hydrazine groups is 1. The number of tetrazole rings is 1. The SMILES string of the molecule is NN(CCCc1nnn[nH]1)c1cnn[nH]1. The fourth-order valence-electron chi connectivity index (χ4n) is 1.15. The van der Waals surface area contributed by atoms with E-state index in [4.69, 9.17) is 5.84 Å². The molecule has 9 nitrogen and oxygen atoms in total. The fraction of sp³-hybridized carbons (Fsp3) is 0.500. The normalized spacial score (nSPS) is 10.5. The second-order valence-corrected chi connectivity index (χ2v) is 2.99. The second kappa shape index (κ2) is 4.46. The molecule has 2 rings (SSSR count). The van der Waals surface area contributed by atoms with Crippen molar-refractivity contribution in [1.82, 2.24) is 36.0 Å². The Morgan fingerprint density at radius 3 is 2.93 bits per heavy atom. The van der Waals surface area contributed by atoms with Crippen molar-refractivity contribution >= 4 is 5.82 Å². The molecule has 4 N–H and O–H groups in total. The Bertz CT molecular complexity index is 365. The molecule has 0 aliphatic rings. The predicted molar refractivity (Wildman–Crippen MR) is 50.4 cm³/mol. The van der Waals surface area contributed by atoms with Crippen LogP contribution in [0.1, 0.15) is 12.2 Å². The Hall–Kier alpha value is -2.03. The van der Waals surface area contributed by atoms with Gasteiger partial charge in [0.1, 0.15) is 5.82 Å². The average molecular weight is 209 g/mol. The summed E-state index contributed by atoms with van der Waals surface area (Å²) in [7, 11) is 0. The van der Waals surface area contributed by atoms with Crippen LogP contribution in [0.2, 0.25) is 0 Å². The molecule has 0 aliphatic carbocycles. The summed E-state index contributed by atoms with van der Waals surface area (Å²) in [6.45, 7) is 0.671. The molecular weight excluding hydrogens is 198 g/mol. The fourth-order valence-corrected chi connectivity index (χ4v) is 1.15. The van der Waals surface area contributed by atoms with Gasteiger partial charge in [-0.1, -0.05) is 5.21 Å². The van der Waals surface area contributed by atoms with E-state index in [0.29, 0.717) is 12.4 Å². The highest BCUT2D eigenvalue weighted by Gasteiger charge is 2.04. The number of aromatic nitrogens is 7. The van der Waals surface area contributed by atoms with Gasteiger partial charge in [0.05, 0.1) is 6.20 Å². The minimum absolute atomic E-state index is 0.671. The van der Waals surface area contributed by atoms with Crippen molar-refractivity contribution in [3.63, 3.8) is 0 Å². The zero-order valence-corrected chi connectivity index (χ0v) is 7.96. The maximum atomic E-state index is 5.74. The number of H-pyrrole nitrogens is 2. The zero-order chi connectivity index (χ0) is 10.5. The number of aromatic amines is 2. The van der Waals surface area contributed by atoms with E-state index in [1.54, 1.807) is 11.2 Å². The number of nitrogens with one attached hydrogen (secondary N) is 2. The van der Waals surface area contributed by atoms with Gasteiger partial charge in [-0.2, -0.15) is 0 Å². The van der Waals surface area contributed by atoms with Crippen molar-refractivity contribution in [2.45, 2.75) is 12.8 Å². The van der Waals surface area contributed by atoms with Crippen molar-refractivity contribution in [1.29, 1.82) is 0 Å². The molecule has 9 heteroatoms. The van der Waals surface area contributed by atoms with Crippen LogP contribution in [-0.2, 0) is 6.42 Å². The molecule has 0 atom stereocenters. The molecule has 2 aromatic rings. The first kappa shape index (κ1) is 9.52. The summed E-state index contributed by atoms with van der Waals surface area (Å²) in [6, 6.07) is 0. The van der Waals surface area contributed by atoms with Gasteiger partial charge in [-0.05, 0) is 16.8 Å². The first-order chi connectivity index (χ1) is 7.36. The quantitative estimate of drug-likeness (QED) is 0.409. The van der Waals surface area contributed by atoms with Gasteiger partial charge in [0.25, 0.3) is 0 Å². The van der Waals surface area contributed by atoms with Gasteiger partial charge in [0.2, 0.25) is 0 Å². The first-order valence-corrected chi connectivity index (χ1v) is 4.47. The number of nitrogens with zero attached hydrogens (tertiary/aromatic N) is 6. The van der Waals surface area contributed by atoms with Crippen LogP contribution in [0.5, 0.6) is 0 Å². The third-order valence-electron chi connectivity index (χ3n) is 1.91. The molecule has 0 amide bonds. The van der Waals surface area contributed by atoms with Crippen LogP contribution in [0.25, 0.3) is 0 Å². The van der Waals surface area contributed by atoms with Crippen molar-refractivity contribution in [3.05, 3.63) is 12.0 Å². The summed E-state index contributed by atoms with van der Waals surface area (Å²) >= 11 is 0. The molecule has 0 aromatic carbocycles. The molecule has 0 unspecified atom stereocenters. The molecule has 0 bridgehead atoms. The largest absolute Gasteiger partial charge is 0.294 e. The van der Waals surface area contributed by atoms with Gasteiger partial charge < -0.3 is 0 Å². The summed E-state index contributed by atoms with van der Waals surface area (Å²) < 4.78 is 0. The lowest BCUT2D eigenvalue weighted by molar-refractivity contribution is 0.720. The van der Waals surface area contributed by atoms with E-state index >= 15 is 0 Å². The van der Waals surface area contributed by atoms with E-state index in [2.05, 4.69) is 36.0 Å². The van der Waals surface area contributed by atoms with Crippen molar-refractivity contribution in [3.8, 4) is 0 Å². The van der Waals surface area contributed by atoms with Crippen LogP contribution in [0, 0.1) is 0 Å². The monoisotopic (exact) mass is 209 g/mol. The third-order valence-corrected chi connectivity index (χ3v) is 1.91. The molecule has 0 saturated heterocycles. The van der Waals surface area contributed by atoms with E-state index in [1.807, 2.05) is 0 Å². The Balaban J connectivity index is 1.74. The van der Waals surface area contributed by atoms with E-state index in [0.717, 1.165) is 18.7 Å². The van der Waals surface area contributed by atoms with Gasteiger partial charge in [-0.15, -0.1) is 10.2 Å². The lowest BCUT2D eigenvalue weighted by Crippen LogP contribution is -2.32. The lowest BCUT2D eigenvalue weighted by atomic mass is 10.3. The molecule has 15 heavy (non-hydrogen) atoms. The van der Waals surface area contributed by atoms with Crippen LogP contribution >= 0.6 is 0 Å². The highest BCUT2D eigenvalue weighted by atomic mass is 15.5. The topological polar surface area (TPSA) is 125 Å². The van der Waals surface area contributed by atoms with Crippen LogP contribution in [-0.4, -0.2) is 42.6 Å². The molecule has 0 radical (unpaired) electrons. The number of hydrogen-bond acceptors (Lipinski definition) is 7. The van der Waals surface area contributed by atoms with Crippen LogP contribution in [0.3, 0.4) is 0 Å². The molecule has 0 aliphatic heterocycles. The molecule has 0 spiro atoms. The first-order valence-electron chi connectivity index (χ1n) is 4.47. The summed E-state index contributed by atoms with van der Waals surface area (Å²) in [5, 5.41) is 24.8. The minimum atomic E-state index is 0.671. The highest BCUT2D eigenvalue weighted by molar-refractivity contribution is 5.30. The number of rotatable bonds is 5. The lowest BCUT2D eigenvalue weighted by Gasteiger charge is -2.14. The smallest absolute Gasteiger partial charge is 0.158 e. The number of anilines is 1. The minimum Gasteiger partial charge on any atom is -0.294 e. The van der Waals surface area contributed by atoms with Crippen molar-refractivity contribution in [2.75, 3.05) is 11.6 Å². The molecular formula is C6H11N9. The Morgan fingerprint density at radius 2 is 2.27 bits per heavy atom. The Labute approximate surface area is 85.0 Å². The standard InChI is InChI=1S/C6H11N9/c7-15(6-4-8-12-11-6)3-1-2-5-9-13-14-10-5/h4H,1-3,7H2,(H,8,11,12)(H,9,10,13,14). The number of nitrogens with two attached hydrogens (primary N) is 1. The maximum Gasteiger partial charge on any atom is 0.158 e. The number of aryl methyl sites for hydroxylation is 1. The molecule has 0 fully saturated rings. The molecule has 0 saturated carbocycles. The Morgan fingerprint density at radius 1 is 1.33 bits per heavy atom. The van der Waals surface area contributed by atoms with Gasteiger partial charge in [-0.25, -0.2) is 16.0 Å².